The van der Waals surface area contributed by atoms with Crippen molar-refractivity contribution in [2.75, 3.05) is 18.9 Å². The maximum atomic E-state index is 12.1. The number of amides is 1. The van der Waals surface area contributed by atoms with Gasteiger partial charge >= 0.3 is 0 Å². The summed E-state index contributed by atoms with van der Waals surface area (Å²) < 4.78 is 7.86. The molecule has 0 aliphatic carbocycles. The normalized spacial score (nSPS) is 16.2. The van der Waals surface area contributed by atoms with E-state index < -0.39 is 0 Å². The van der Waals surface area contributed by atoms with Crippen LogP contribution in [0.2, 0.25) is 0 Å². The van der Waals surface area contributed by atoms with Gasteiger partial charge in [0.25, 0.3) is 0 Å². The zero-order chi connectivity index (χ0) is 17.1. The molecule has 2 heterocycles. The Kier molecular flexibility index (Phi) is 4.90. The molecule has 1 N–H and O–H groups in total. The molecular weight excluding hydrogens is 352 g/mol. The lowest BCUT2D eigenvalue weighted by Crippen LogP contribution is -2.35. The number of hydrogen-bond donors (Lipinski definition) is 1. The van der Waals surface area contributed by atoms with Crippen LogP contribution in [0.5, 0.6) is 5.75 Å². The van der Waals surface area contributed by atoms with E-state index in [4.69, 9.17) is 4.74 Å². The van der Waals surface area contributed by atoms with Gasteiger partial charge in [0.1, 0.15) is 5.75 Å². The SMILES string of the molecule is O=C(CSc1nc2ccccc2s1)NCC1COc2ccccc2C1. The number of carbonyl (C=O) groups is 1. The molecule has 1 amide bonds. The van der Waals surface area contributed by atoms with Gasteiger partial charge in [-0.2, -0.15) is 0 Å². The van der Waals surface area contributed by atoms with E-state index in [1.807, 2.05) is 36.4 Å². The molecule has 0 bridgehead atoms. The predicted molar refractivity (Wildman–Crippen MR) is 102 cm³/mol. The van der Waals surface area contributed by atoms with E-state index in [9.17, 15) is 4.79 Å². The molecule has 1 atom stereocenters. The van der Waals surface area contributed by atoms with Gasteiger partial charge in [0.2, 0.25) is 5.91 Å². The first kappa shape index (κ1) is 16.4. The minimum Gasteiger partial charge on any atom is -0.493 e. The van der Waals surface area contributed by atoms with Crippen LogP contribution in [0.25, 0.3) is 10.2 Å². The third kappa shape index (κ3) is 3.96. The lowest BCUT2D eigenvalue weighted by Gasteiger charge is -2.25. The van der Waals surface area contributed by atoms with E-state index >= 15 is 0 Å². The number of aromatic nitrogens is 1. The van der Waals surface area contributed by atoms with Crippen LogP contribution in [0.3, 0.4) is 0 Å². The molecule has 0 spiro atoms. The standard InChI is InChI=1S/C19H18N2O2S2/c22-18(12-24-19-21-15-6-2-4-8-17(15)25-19)20-10-13-9-14-5-1-3-7-16(14)23-11-13/h1-8,13H,9-12H2,(H,20,22). The highest BCUT2D eigenvalue weighted by Crippen LogP contribution is 2.29. The van der Waals surface area contributed by atoms with Crippen LogP contribution < -0.4 is 10.1 Å². The third-order valence-electron chi connectivity index (χ3n) is 4.14. The monoisotopic (exact) mass is 370 g/mol. The summed E-state index contributed by atoms with van der Waals surface area (Å²) in [6.07, 6.45) is 0.946. The van der Waals surface area contributed by atoms with Crippen molar-refractivity contribution in [2.24, 2.45) is 5.92 Å². The van der Waals surface area contributed by atoms with Gasteiger partial charge in [-0.05, 0) is 30.2 Å². The second-order valence-corrected chi connectivity index (χ2v) is 8.28. The van der Waals surface area contributed by atoms with Crippen molar-refractivity contribution in [3.63, 3.8) is 0 Å². The highest BCUT2D eigenvalue weighted by molar-refractivity contribution is 8.01. The lowest BCUT2D eigenvalue weighted by molar-refractivity contribution is -0.118. The Morgan fingerprint density at radius 3 is 3.00 bits per heavy atom. The summed E-state index contributed by atoms with van der Waals surface area (Å²) >= 11 is 3.12. The summed E-state index contributed by atoms with van der Waals surface area (Å²) in [4.78, 5) is 16.7. The first-order chi connectivity index (χ1) is 12.3. The van der Waals surface area contributed by atoms with E-state index in [1.165, 1.54) is 17.3 Å². The van der Waals surface area contributed by atoms with Crippen molar-refractivity contribution in [1.82, 2.24) is 10.3 Å². The van der Waals surface area contributed by atoms with Gasteiger partial charge in [0.15, 0.2) is 4.34 Å². The van der Waals surface area contributed by atoms with Crippen LogP contribution in [0, 0.1) is 5.92 Å². The highest BCUT2D eigenvalue weighted by atomic mass is 32.2. The van der Waals surface area contributed by atoms with Crippen molar-refractivity contribution < 1.29 is 9.53 Å². The molecule has 4 rings (SSSR count). The molecule has 1 aliphatic heterocycles. The number of benzene rings is 2. The number of fused-ring (bicyclic) bond motifs is 2. The van der Waals surface area contributed by atoms with Crippen molar-refractivity contribution >= 4 is 39.2 Å². The Bertz CT molecular complexity index is 861. The van der Waals surface area contributed by atoms with Gasteiger partial charge in [-0.15, -0.1) is 11.3 Å². The third-order valence-corrected chi connectivity index (χ3v) is 6.32. The van der Waals surface area contributed by atoms with E-state index in [1.54, 1.807) is 11.3 Å². The summed E-state index contributed by atoms with van der Waals surface area (Å²) in [5.41, 5.74) is 2.21. The lowest BCUT2D eigenvalue weighted by atomic mass is 9.97. The molecule has 4 nitrogen and oxygen atoms in total. The Hall–Kier alpha value is -2.05. The Morgan fingerprint density at radius 2 is 2.08 bits per heavy atom. The van der Waals surface area contributed by atoms with E-state index in [2.05, 4.69) is 22.4 Å². The summed E-state index contributed by atoms with van der Waals surface area (Å²) in [6, 6.07) is 16.1. The van der Waals surface area contributed by atoms with Crippen LogP contribution >= 0.6 is 23.1 Å². The fourth-order valence-electron chi connectivity index (χ4n) is 2.87. The molecule has 128 valence electrons. The van der Waals surface area contributed by atoms with Crippen LogP contribution in [-0.2, 0) is 11.2 Å². The fraction of sp³-hybridized carbons (Fsp3) is 0.263. The average molecular weight is 370 g/mol. The molecule has 1 unspecified atom stereocenters. The molecule has 2 aromatic carbocycles. The van der Waals surface area contributed by atoms with Gasteiger partial charge < -0.3 is 10.1 Å². The topological polar surface area (TPSA) is 51.2 Å². The molecule has 0 fully saturated rings. The van der Waals surface area contributed by atoms with Crippen LogP contribution in [-0.4, -0.2) is 29.8 Å². The number of hydrogen-bond acceptors (Lipinski definition) is 5. The van der Waals surface area contributed by atoms with Crippen molar-refractivity contribution in [2.45, 2.75) is 10.8 Å². The van der Waals surface area contributed by atoms with Crippen molar-refractivity contribution in [1.29, 1.82) is 0 Å². The maximum absolute atomic E-state index is 12.1. The van der Waals surface area contributed by atoms with Gasteiger partial charge in [0, 0.05) is 12.5 Å². The number of carbonyl (C=O) groups excluding carboxylic acids is 1. The second kappa shape index (κ2) is 7.45. The fourth-order valence-corrected chi connectivity index (χ4v) is 4.77. The predicted octanol–water partition coefficient (Wildman–Crippen LogP) is 3.76. The number of nitrogens with one attached hydrogen (secondary N) is 1. The molecule has 0 saturated carbocycles. The number of thioether (sulfide) groups is 1. The van der Waals surface area contributed by atoms with Crippen molar-refractivity contribution in [3.8, 4) is 5.75 Å². The number of nitrogens with zero attached hydrogens (tertiary/aromatic N) is 1. The summed E-state index contributed by atoms with van der Waals surface area (Å²) in [5.74, 6) is 1.73. The Morgan fingerprint density at radius 1 is 1.24 bits per heavy atom. The smallest absolute Gasteiger partial charge is 0.230 e. The average Bonchev–Trinajstić information content (AvgIpc) is 3.07. The van der Waals surface area contributed by atoms with Crippen LogP contribution in [0.1, 0.15) is 5.56 Å². The van der Waals surface area contributed by atoms with Crippen LogP contribution in [0.4, 0.5) is 0 Å². The van der Waals surface area contributed by atoms with Gasteiger partial charge in [-0.1, -0.05) is 42.1 Å². The molecule has 6 heteroatoms. The first-order valence-electron chi connectivity index (χ1n) is 8.24. The summed E-state index contributed by atoms with van der Waals surface area (Å²) in [7, 11) is 0. The first-order valence-corrected chi connectivity index (χ1v) is 10.0. The second-order valence-electron chi connectivity index (χ2n) is 6.03. The van der Waals surface area contributed by atoms with Gasteiger partial charge in [0.05, 0.1) is 22.6 Å². The molecule has 0 saturated heterocycles. The zero-order valence-electron chi connectivity index (χ0n) is 13.6. The highest BCUT2D eigenvalue weighted by Gasteiger charge is 2.20. The van der Waals surface area contributed by atoms with E-state index in [-0.39, 0.29) is 5.91 Å². The maximum Gasteiger partial charge on any atom is 0.230 e. The number of para-hydroxylation sites is 2. The number of ether oxygens (including phenoxy) is 1. The number of thiazole rings is 1. The minimum atomic E-state index is 0.0446. The van der Waals surface area contributed by atoms with Gasteiger partial charge in [-0.25, -0.2) is 4.98 Å². The summed E-state index contributed by atoms with van der Waals surface area (Å²) in [6.45, 7) is 1.30. The molecule has 3 aromatic rings. The molecule has 25 heavy (non-hydrogen) atoms. The minimum absolute atomic E-state index is 0.0446. The number of rotatable bonds is 5. The largest absolute Gasteiger partial charge is 0.493 e. The van der Waals surface area contributed by atoms with E-state index in [0.717, 1.165) is 26.7 Å². The zero-order valence-corrected chi connectivity index (χ0v) is 15.2. The molecular formula is C19H18N2O2S2. The van der Waals surface area contributed by atoms with Crippen molar-refractivity contribution in [3.05, 3.63) is 54.1 Å². The molecule has 0 radical (unpaired) electrons. The quantitative estimate of drug-likeness (QED) is 0.695. The van der Waals surface area contributed by atoms with Gasteiger partial charge in [-0.3, -0.25) is 4.79 Å². The molecule has 1 aliphatic rings. The Labute approximate surface area is 154 Å². The Balaban J connectivity index is 1.25. The summed E-state index contributed by atoms with van der Waals surface area (Å²) in [5, 5.41) is 3.02. The van der Waals surface area contributed by atoms with E-state index in [0.29, 0.717) is 24.8 Å². The van der Waals surface area contributed by atoms with Crippen LogP contribution in [0.15, 0.2) is 52.9 Å². The molecule has 1 aromatic heterocycles.